The number of amides is 1. The van der Waals surface area contributed by atoms with E-state index in [2.05, 4.69) is 4.98 Å². The number of halogens is 1. The first-order chi connectivity index (χ1) is 9.75. The molecule has 3 rings (SSSR count). The normalized spacial score (nSPS) is 18.2. The third-order valence-electron chi connectivity index (χ3n) is 3.61. The van der Waals surface area contributed by atoms with Crippen molar-refractivity contribution in [2.75, 3.05) is 6.54 Å². The van der Waals surface area contributed by atoms with Crippen molar-refractivity contribution < 1.29 is 9.18 Å². The second-order valence-electron chi connectivity index (χ2n) is 4.92. The van der Waals surface area contributed by atoms with E-state index in [9.17, 15) is 9.18 Å². The van der Waals surface area contributed by atoms with Gasteiger partial charge in [-0.15, -0.1) is 0 Å². The largest absolute Gasteiger partial charge is 0.330 e. The highest BCUT2D eigenvalue weighted by molar-refractivity contribution is 5.94. The lowest BCUT2D eigenvalue weighted by atomic mass is 10.1. The molecule has 1 fully saturated rings. The number of rotatable bonds is 2. The van der Waals surface area contributed by atoms with Gasteiger partial charge in [-0.25, -0.2) is 4.39 Å². The molecule has 0 saturated carbocycles. The SMILES string of the molecule is O=C(c1cccc(F)c1)N1CCCC1c1ccccn1. The first-order valence-electron chi connectivity index (χ1n) is 6.73. The molecule has 1 atom stereocenters. The molecule has 0 radical (unpaired) electrons. The Morgan fingerprint density at radius 2 is 2.15 bits per heavy atom. The fourth-order valence-corrected chi connectivity index (χ4v) is 2.68. The van der Waals surface area contributed by atoms with E-state index in [0.717, 1.165) is 18.5 Å². The standard InChI is InChI=1S/C16H15FN2O/c17-13-6-3-5-12(11-13)16(20)19-10-4-8-15(19)14-7-1-2-9-18-14/h1-3,5-7,9,11,15H,4,8,10H2. The lowest BCUT2D eigenvalue weighted by Crippen LogP contribution is -2.31. The highest BCUT2D eigenvalue weighted by Gasteiger charge is 2.31. The van der Waals surface area contributed by atoms with Crippen molar-refractivity contribution >= 4 is 5.91 Å². The zero-order valence-electron chi connectivity index (χ0n) is 11.0. The molecule has 0 bridgehead atoms. The summed E-state index contributed by atoms with van der Waals surface area (Å²) < 4.78 is 13.3. The number of carbonyl (C=O) groups is 1. The van der Waals surface area contributed by atoms with Gasteiger partial charge in [-0.05, 0) is 43.2 Å². The van der Waals surface area contributed by atoms with Crippen LogP contribution in [0.15, 0.2) is 48.7 Å². The lowest BCUT2D eigenvalue weighted by molar-refractivity contribution is 0.0732. The van der Waals surface area contributed by atoms with Gasteiger partial charge in [0.15, 0.2) is 0 Å². The molecular formula is C16H15FN2O. The Morgan fingerprint density at radius 3 is 2.90 bits per heavy atom. The average Bonchev–Trinajstić information content (AvgIpc) is 2.97. The summed E-state index contributed by atoms with van der Waals surface area (Å²) in [6.07, 6.45) is 3.58. The van der Waals surface area contributed by atoms with Crippen LogP contribution in [0.2, 0.25) is 0 Å². The van der Waals surface area contributed by atoms with Gasteiger partial charge in [0.2, 0.25) is 0 Å². The van der Waals surface area contributed by atoms with Crippen LogP contribution in [0.3, 0.4) is 0 Å². The summed E-state index contributed by atoms with van der Waals surface area (Å²) >= 11 is 0. The fraction of sp³-hybridized carbons (Fsp3) is 0.250. The summed E-state index contributed by atoms with van der Waals surface area (Å²) in [5, 5.41) is 0. The van der Waals surface area contributed by atoms with Crippen LogP contribution in [0, 0.1) is 5.82 Å². The van der Waals surface area contributed by atoms with Gasteiger partial charge in [0, 0.05) is 18.3 Å². The first-order valence-corrected chi connectivity index (χ1v) is 6.73. The van der Waals surface area contributed by atoms with Gasteiger partial charge in [-0.1, -0.05) is 12.1 Å². The van der Waals surface area contributed by atoms with Crippen LogP contribution in [0.4, 0.5) is 4.39 Å². The van der Waals surface area contributed by atoms with Gasteiger partial charge in [0.25, 0.3) is 5.91 Å². The predicted molar refractivity (Wildman–Crippen MR) is 73.6 cm³/mol. The Hall–Kier alpha value is -2.23. The van der Waals surface area contributed by atoms with E-state index >= 15 is 0 Å². The number of nitrogens with zero attached hydrogens (tertiary/aromatic N) is 2. The minimum absolute atomic E-state index is 0.00744. The van der Waals surface area contributed by atoms with E-state index in [1.807, 2.05) is 18.2 Å². The molecule has 1 saturated heterocycles. The third kappa shape index (κ3) is 2.41. The molecule has 1 aromatic heterocycles. The minimum Gasteiger partial charge on any atom is -0.330 e. The van der Waals surface area contributed by atoms with Gasteiger partial charge in [0.05, 0.1) is 11.7 Å². The van der Waals surface area contributed by atoms with Crippen LogP contribution in [0.25, 0.3) is 0 Å². The lowest BCUT2D eigenvalue weighted by Gasteiger charge is -2.24. The van der Waals surface area contributed by atoms with Crippen molar-refractivity contribution in [2.24, 2.45) is 0 Å². The van der Waals surface area contributed by atoms with Crippen LogP contribution in [-0.4, -0.2) is 22.3 Å². The first kappa shape index (κ1) is 12.8. The molecule has 20 heavy (non-hydrogen) atoms. The van der Waals surface area contributed by atoms with E-state index in [-0.39, 0.29) is 17.8 Å². The average molecular weight is 270 g/mol. The molecule has 2 aromatic rings. The summed E-state index contributed by atoms with van der Waals surface area (Å²) in [4.78, 5) is 18.6. The highest BCUT2D eigenvalue weighted by Crippen LogP contribution is 2.31. The Morgan fingerprint density at radius 1 is 1.25 bits per heavy atom. The van der Waals surface area contributed by atoms with Crippen LogP contribution in [-0.2, 0) is 0 Å². The van der Waals surface area contributed by atoms with Crippen molar-refractivity contribution in [1.82, 2.24) is 9.88 Å². The monoisotopic (exact) mass is 270 g/mol. The Balaban J connectivity index is 1.87. The smallest absolute Gasteiger partial charge is 0.254 e. The zero-order chi connectivity index (χ0) is 13.9. The molecule has 1 amide bonds. The molecule has 102 valence electrons. The zero-order valence-corrected chi connectivity index (χ0v) is 11.0. The van der Waals surface area contributed by atoms with Crippen molar-refractivity contribution in [3.8, 4) is 0 Å². The quantitative estimate of drug-likeness (QED) is 0.839. The van der Waals surface area contributed by atoms with Gasteiger partial charge in [-0.2, -0.15) is 0 Å². The second-order valence-corrected chi connectivity index (χ2v) is 4.92. The van der Waals surface area contributed by atoms with E-state index in [1.165, 1.54) is 12.1 Å². The van der Waals surface area contributed by atoms with Crippen LogP contribution >= 0.6 is 0 Å². The Kier molecular flexibility index (Phi) is 3.46. The maximum absolute atomic E-state index is 13.3. The molecule has 0 spiro atoms. The Labute approximate surface area is 117 Å². The second kappa shape index (κ2) is 5.41. The predicted octanol–water partition coefficient (Wildman–Crippen LogP) is 3.20. The molecule has 0 aliphatic carbocycles. The van der Waals surface area contributed by atoms with Crippen LogP contribution in [0.5, 0.6) is 0 Å². The third-order valence-corrected chi connectivity index (χ3v) is 3.61. The number of hydrogen-bond donors (Lipinski definition) is 0. The van der Waals surface area contributed by atoms with Crippen molar-refractivity contribution in [3.05, 3.63) is 65.7 Å². The van der Waals surface area contributed by atoms with Gasteiger partial charge in [-0.3, -0.25) is 9.78 Å². The number of pyridine rings is 1. The van der Waals surface area contributed by atoms with E-state index < -0.39 is 0 Å². The Bertz CT molecular complexity index is 615. The van der Waals surface area contributed by atoms with Gasteiger partial charge >= 0.3 is 0 Å². The number of aromatic nitrogens is 1. The molecule has 4 heteroatoms. The highest BCUT2D eigenvalue weighted by atomic mass is 19.1. The number of hydrogen-bond acceptors (Lipinski definition) is 2. The topological polar surface area (TPSA) is 33.2 Å². The maximum Gasteiger partial charge on any atom is 0.254 e. The summed E-state index contributed by atoms with van der Waals surface area (Å²) in [7, 11) is 0. The fourth-order valence-electron chi connectivity index (χ4n) is 2.68. The number of likely N-dealkylation sites (tertiary alicyclic amines) is 1. The maximum atomic E-state index is 13.3. The van der Waals surface area contributed by atoms with Gasteiger partial charge in [0.1, 0.15) is 5.82 Å². The molecule has 3 nitrogen and oxygen atoms in total. The molecule has 1 aliphatic heterocycles. The van der Waals surface area contributed by atoms with E-state index in [4.69, 9.17) is 0 Å². The number of carbonyl (C=O) groups excluding carboxylic acids is 1. The molecular weight excluding hydrogens is 255 g/mol. The molecule has 0 N–H and O–H groups in total. The summed E-state index contributed by atoms with van der Waals surface area (Å²) in [5.41, 5.74) is 1.29. The molecule has 1 aromatic carbocycles. The van der Waals surface area contributed by atoms with Crippen molar-refractivity contribution in [3.63, 3.8) is 0 Å². The van der Waals surface area contributed by atoms with E-state index in [0.29, 0.717) is 12.1 Å². The van der Waals surface area contributed by atoms with E-state index in [1.54, 1.807) is 23.2 Å². The molecule has 2 heterocycles. The van der Waals surface area contributed by atoms with Crippen LogP contribution < -0.4 is 0 Å². The van der Waals surface area contributed by atoms with Gasteiger partial charge < -0.3 is 4.90 Å². The van der Waals surface area contributed by atoms with Crippen molar-refractivity contribution in [2.45, 2.75) is 18.9 Å². The minimum atomic E-state index is -0.385. The summed E-state index contributed by atoms with van der Waals surface area (Å²) in [5.74, 6) is -0.512. The van der Waals surface area contributed by atoms with Crippen LogP contribution in [0.1, 0.15) is 34.9 Å². The van der Waals surface area contributed by atoms with Crippen molar-refractivity contribution in [1.29, 1.82) is 0 Å². The summed E-state index contributed by atoms with van der Waals surface area (Å²) in [6.45, 7) is 0.691. The number of benzene rings is 1. The molecule has 1 aliphatic rings. The molecule has 1 unspecified atom stereocenters. The summed E-state index contributed by atoms with van der Waals surface area (Å²) in [6, 6.07) is 11.6.